The third-order valence-electron chi connectivity index (χ3n) is 5.70. The predicted octanol–water partition coefficient (Wildman–Crippen LogP) is 1.15. The Morgan fingerprint density at radius 2 is 1.76 bits per heavy atom. The maximum absolute atomic E-state index is 12.6. The second-order valence-electron chi connectivity index (χ2n) is 7.52. The van der Waals surface area contributed by atoms with Crippen molar-refractivity contribution in [2.75, 3.05) is 44.2 Å². The fraction of sp³-hybridized carbons (Fsp3) is 0.579. The van der Waals surface area contributed by atoms with Gasteiger partial charge in [-0.05, 0) is 26.0 Å². The number of anilines is 1. The molecule has 2 fully saturated rings. The Morgan fingerprint density at radius 3 is 2.44 bits per heavy atom. The molecule has 0 bridgehead atoms. The summed E-state index contributed by atoms with van der Waals surface area (Å²) in [6.45, 7) is 11.0. The zero-order chi connectivity index (χ0) is 17.6. The number of rotatable bonds is 3. The normalized spacial score (nSPS) is 20.4. The lowest BCUT2D eigenvalue weighted by atomic mass is 10.1. The molecular weight excluding hydrogens is 314 g/mol. The van der Waals surface area contributed by atoms with Gasteiger partial charge in [0.05, 0.1) is 10.9 Å². The first kappa shape index (κ1) is 16.5. The van der Waals surface area contributed by atoms with Gasteiger partial charge in [-0.3, -0.25) is 19.2 Å². The van der Waals surface area contributed by atoms with Gasteiger partial charge in [0.1, 0.15) is 0 Å². The molecule has 3 heterocycles. The summed E-state index contributed by atoms with van der Waals surface area (Å²) in [5, 5.41) is 0.690. The van der Waals surface area contributed by atoms with Crippen LogP contribution in [0.15, 0.2) is 29.1 Å². The monoisotopic (exact) mass is 341 g/mol. The van der Waals surface area contributed by atoms with Crippen molar-refractivity contribution in [3.8, 4) is 0 Å². The van der Waals surface area contributed by atoms with Crippen molar-refractivity contribution in [3.05, 3.63) is 34.6 Å². The molecule has 1 aromatic heterocycles. The Morgan fingerprint density at radius 1 is 1.08 bits per heavy atom. The highest BCUT2D eigenvalue weighted by atomic mass is 16.1. The average molecular weight is 341 g/mol. The number of aromatic nitrogens is 2. The van der Waals surface area contributed by atoms with E-state index in [-0.39, 0.29) is 5.56 Å². The van der Waals surface area contributed by atoms with Crippen molar-refractivity contribution in [2.45, 2.75) is 25.9 Å². The average Bonchev–Trinajstić information content (AvgIpc) is 2.58. The summed E-state index contributed by atoms with van der Waals surface area (Å²) >= 11 is 0. The summed E-state index contributed by atoms with van der Waals surface area (Å²) in [4.78, 5) is 24.7. The molecule has 4 rings (SSSR count). The highest BCUT2D eigenvalue weighted by Gasteiger charge is 2.35. The summed E-state index contributed by atoms with van der Waals surface area (Å²) < 4.78 is 1.69. The second kappa shape index (κ2) is 6.42. The van der Waals surface area contributed by atoms with Gasteiger partial charge in [-0.2, -0.15) is 0 Å². The van der Waals surface area contributed by atoms with E-state index in [1.807, 2.05) is 31.3 Å². The Bertz CT molecular complexity index is 816. The van der Waals surface area contributed by atoms with Crippen LogP contribution >= 0.6 is 0 Å². The van der Waals surface area contributed by atoms with E-state index in [1.54, 1.807) is 4.57 Å². The molecule has 0 unspecified atom stereocenters. The smallest absolute Gasteiger partial charge is 0.262 e. The van der Waals surface area contributed by atoms with E-state index in [2.05, 4.69) is 28.5 Å². The molecular formula is C19H27N5O. The minimum Gasteiger partial charge on any atom is -0.339 e. The van der Waals surface area contributed by atoms with Gasteiger partial charge in [-0.1, -0.05) is 12.1 Å². The Kier molecular flexibility index (Phi) is 4.25. The van der Waals surface area contributed by atoms with E-state index in [1.165, 1.54) is 0 Å². The quantitative estimate of drug-likeness (QED) is 0.838. The van der Waals surface area contributed by atoms with Crippen LogP contribution in [0.25, 0.3) is 10.9 Å². The summed E-state index contributed by atoms with van der Waals surface area (Å²) in [6.07, 6.45) is 0. The highest BCUT2D eigenvalue weighted by Crippen LogP contribution is 2.23. The van der Waals surface area contributed by atoms with Crippen molar-refractivity contribution in [1.29, 1.82) is 0 Å². The fourth-order valence-corrected chi connectivity index (χ4v) is 3.96. The second-order valence-corrected chi connectivity index (χ2v) is 7.52. The van der Waals surface area contributed by atoms with Crippen molar-refractivity contribution in [3.63, 3.8) is 0 Å². The van der Waals surface area contributed by atoms with E-state index in [9.17, 15) is 4.79 Å². The van der Waals surface area contributed by atoms with Gasteiger partial charge in [0, 0.05) is 58.4 Å². The van der Waals surface area contributed by atoms with Crippen molar-refractivity contribution in [1.82, 2.24) is 19.4 Å². The molecule has 2 aliphatic rings. The van der Waals surface area contributed by atoms with Crippen LogP contribution in [0, 0.1) is 0 Å². The van der Waals surface area contributed by atoms with Gasteiger partial charge in [0.15, 0.2) is 0 Å². The molecule has 0 atom stereocenters. The van der Waals surface area contributed by atoms with Gasteiger partial charge >= 0.3 is 0 Å². The molecule has 6 nitrogen and oxygen atoms in total. The van der Waals surface area contributed by atoms with Crippen LogP contribution in [-0.4, -0.2) is 70.7 Å². The summed E-state index contributed by atoms with van der Waals surface area (Å²) in [5.74, 6) is 0.792. The van der Waals surface area contributed by atoms with Crippen LogP contribution < -0.4 is 10.5 Å². The Balaban J connectivity index is 1.45. The number of hydrogen-bond donors (Lipinski definition) is 0. The number of hydrogen-bond acceptors (Lipinski definition) is 5. The van der Waals surface area contributed by atoms with E-state index >= 15 is 0 Å². The zero-order valence-corrected chi connectivity index (χ0v) is 15.4. The molecule has 0 radical (unpaired) electrons. The van der Waals surface area contributed by atoms with E-state index in [4.69, 9.17) is 4.98 Å². The zero-order valence-electron chi connectivity index (χ0n) is 15.4. The van der Waals surface area contributed by atoms with Crippen LogP contribution in [0.2, 0.25) is 0 Å². The Hall–Kier alpha value is -1.92. The van der Waals surface area contributed by atoms with Gasteiger partial charge in [-0.15, -0.1) is 0 Å². The van der Waals surface area contributed by atoms with Gasteiger partial charge < -0.3 is 4.90 Å². The summed E-state index contributed by atoms with van der Waals surface area (Å²) in [6, 6.07) is 8.81. The number of nitrogens with zero attached hydrogens (tertiary/aromatic N) is 5. The molecule has 2 aromatic rings. The van der Waals surface area contributed by atoms with Crippen molar-refractivity contribution in [2.24, 2.45) is 7.05 Å². The molecule has 2 saturated heterocycles. The first-order chi connectivity index (χ1) is 12.0. The summed E-state index contributed by atoms with van der Waals surface area (Å²) in [5.41, 5.74) is 0.823. The lowest BCUT2D eigenvalue weighted by molar-refractivity contribution is 0.0672. The molecule has 6 heteroatoms. The molecule has 25 heavy (non-hydrogen) atoms. The van der Waals surface area contributed by atoms with E-state index < -0.39 is 0 Å². The third kappa shape index (κ3) is 2.93. The topological polar surface area (TPSA) is 44.6 Å². The standard InChI is InChI=1S/C19H27N5O/c1-14(2)22-8-10-23(11-9-22)15-12-24(13-15)19-20-17-7-5-4-6-16(17)18(25)21(19)3/h4-7,14-15H,8-13H2,1-3H3. The predicted molar refractivity (Wildman–Crippen MR) is 101 cm³/mol. The first-order valence-electron chi connectivity index (χ1n) is 9.23. The van der Waals surface area contributed by atoms with Gasteiger partial charge in [0.25, 0.3) is 5.56 Å². The molecule has 0 N–H and O–H groups in total. The molecule has 2 aliphatic heterocycles. The van der Waals surface area contributed by atoms with E-state index in [0.29, 0.717) is 17.5 Å². The molecule has 0 amide bonds. The highest BCUT2D eigenvalue weighted by molar-refractivity contribution is 5.78. The third-order valence-corrected chi connectivity index (χ3v) is 5.70. The minimum atomic E-state index is 0.0367. The summed E-state index contributed by atoms with van der Waals surface area (Å²) in [7, 11) is 1.83. The van der Waals surface area contributed by atoms with Crippen LogP contribution in [0.5, 0.6) is 0 Å². The Labute approximate surface area is 148 Å². The SMILES string of the molecule is CC(C)N1CCN(C2CN(c3nc4ccccc4c(=O)n3C)C2)CC1. The molecule has 134 valence electrons. The van der Waals surface area contributed by atoms with Crippen LogP contribution in [-0.2, 0) is 7.05 Å². The van der Waals surface area contributed by atoms with Crippen LogP contribution in [0.1, 0.15) is 13.8 Å². The lowest BCUT2D eigenvalue weighted by Crippen LogP contribution is -2.64. The maximum atomic E-state index is 12.6. The molecule has 0 saturated carbocycles. The van der Waals surface area contributed by atoms with Crippen LogP contribution in [0.3, 0.4) is 0 Å². The number of piperazine rings is 1. The number of fused-ring (bicyclic) bond motifs is 1. The molecule has 0 aliphatic carbocycles. The number of benzene rings is 1. The minimum absolute atomic E-state index is 0.0367. The maximum Gasteiger partial charge on any atom is 0.262 e. The number of para-hydroxylation sites is 1. The largest absolute Gasteiger partial charge is 0.339 e. The fourth-order valence-electron chi connectivity index (χ4n) is 3.96. The van der Waals surface area contributed by atoms with Crippen LogP contribution in [0.4, 0.5) is 5.95 Å². The molecule has 0 spiro atoms. The van der Waals surface area contributed by atoms with E-state index in [0.717, 1.165) is 50.7 Å². The molecule has 1 aromatic carbocycles. The van der Waals surface area contributed by atoms with Crippen molar-refractivity contribution >= 4 is 16.9 Å². The lowest BCUT2D eigenvalue weighted by Gasteiger charge is -2.49. The van der Waals surface area contributed by atoms with Crippen molar-refractivity contribution < 1.29 is 0 Å². The first-order valence-corrected chi connectivity index (χ1v) is 9.23. The van der Waals surface area contributed by atoms with Gasteiger partial charge in [-0.25, -0.2) is 4.98 Å². The van der Waals surface area contributed by atoms with Gasteiger partial charge in [0.2, 0.25) is 5.95 Å².